The third kappa shape index (κ3) is 6.04. The minimum atomic E-state index is -1.22. The van der Waals surface area contributed by atoms with Gasteiger partial charge in [0.25, 0.3) is 11.5 Å². The third-order valence-corrected chi connectivity index (χ3v) is 7.98. The quantitative estimate of drug-likeness (QED) is 0.324. The van der Waals surface area contributed by atoms with Crippen molar-refractivity contribution in [2.75, 3.05) is 36.4 Å². The van der Waals surface area contributed by atoms with Crippen molar-refractivity contribution in [3.05, 3.63) is 69.0 Å². The maximum Gasteiger partial charge on any atom is 0.262 e. The molecule has 0 bridgehead atoms. The fraction of sp³-hybridized carbons (Fsp3) is 0.367. The number of nitrogens with zero attached hydrogens (tertiary/aromatic N) is 6. The van der Waals surface area contributed by atoms with Gasteiger partial charge in [-0.05, 0) is 31.9 Å². The molecular weight excluding hydrogens is 591 g/mol. The molecule has 1 fully saturated rings. The van der Waals surface area contributed by atoms with Crippen LogP contribution in [0.5, 0.6) is 0 Å². The minimum absolute atomic E-state index is 0.115. The SMILES string of the molecule is CCCN1CCN(c2cc(NC(=O)Cn3cc(C4C#CC(F)=C(O)C(C(N)=O)=C4)c4c(=O)n(C)cnc43)c(Cl)cn2)[C@@H](C)C1. The van der Waals surface area contributed by atoms with Gasteiger partial charge in [-0.3, -0.25) is 19.3 Å². The Morgan fingerprint density at radius 1 is 1.30 bits per heavy atom. The van der Waals surface area contributed by atoms with Gasteiger partial charge in [0.2, 0.25) is 11.7 Å². The third-order valence-electron chi connectivity index (χ3n) is 7.68. The molecule has 4 heterocycles. The molecule has 0 aromatic carbocycles. The van der Waals surface area contributed by atoms with Gasteiger partial charge >= 0.3 is 0 Å². The van der Waals surface area contributed by atoms with E-state index in [1.54, 1.807) is 6.07 Å². The van der Waals surface area contributed by atoms with Crippen molar-refractivity contribution in [2.24, 2.45) is 12.8 Å². The van der Waals surface area contributed by atoms with Crippen LogP contribution in [0, 0.1) is 11.8 Å². The second-order valence-corrected chi connectivity index (χ2v) is 11.2. The number of piperazine rings is 1. The Balaban J connectivity index is 1.44. The van der Waals surface area contributed by atoms with E-state index in [4.69, 9.17) is 17.3 Å². The lowest BCUT2D eigenvalue weighted by molar-refractivity contribution is -0.117. The molecule has 0 spiro atoms. The molecule has 1 saturated heterocycles. The van der Waals surface area contributed by atoms with Crippen LogP contribution in [0.1, 0.15) is 31.7 Å². The van der Waals surface area contributed by atoms with Crippen molar-refractivity contribution in [1.82, 2.24) is 24.0 Å². The van der Waals surface area contributed by atoms with Crippen molar-refractivity contribution in [3.63, 3.8) is 0 Å². The highest BCUT2D eigenvalue weighted by atomic mass is 35.5. The van der Waals surface area contributed by atoms with E-state index in [2.05, 4.69) is 50.8 Å². The van der Waals surface area contributed by atoms with Crippen molar-refractivity contribution in [3.8, 4) is 11.8 Å². The van der Waals surface area contributed by atoms with Gasteiger partial charge < -0.3 is 30.2 Å². The zero-order chi connectivity index (χ0) is 31.7. The van der Waals surface area contributed by atoms with Gasteiger partial charge in [0.15, 0.2) is 5.76 Å². The van der Waals surface area contributed by atoms with Crippen LogP contribution in [-0.2, 0) is 23.2 Å². The Hall–Kier alpha value is -4.67. The van der Waals surface area contributed by atoms with E-state index in [1.165, 1.54) is 41.0 Å². The summed E-state index contributed by atoms with van der Waals surface area (Å²) in [6.45, 7) is 7.66. The van der Waals surface area contributed by atoms with E-state index in [0.29, 0.717) is 11.5 Å². The molecule has 1 unspecified atom stereocenters. The van der Waals surface area contributed by atoms with Crippen molar-refractivity contribution < 1.29 is 19.1 Å². The number of aliphatic hydroxyl groups excluding tert-OH is 1. The first-order chi connectivity index (χ1) is 21.0. The van der Waals surface area contributed by atoms with Crippen LogP contribution in [0.15, 0.2) is 52.8 Å². The molecule has 2 aliphatic rings. The summed E-state index contributed by atoms with van der Waals surface area (Å²) < 4.78 is 17.0. The molecule has 3 aromatic rings. The maximum absolute atomic E-state index is 14.3. The lowest BCUT2D eigenvalue weighted by Gasteiger charge is -2.40. The number of aromatic nitrogens is 4. The summed E-state index contributed by atoms with van der Waals surface area (Å²) >= 11 is 6.42. The molecule has 2 amide bonds. The van der Waals surface area contributed by atoms with Gasteiger partial charge in [-0.25, -0.2) is 9.97 Å². The van der Waals surface area contributed by atoms with E-state index in [1.807, 2.05) is 0 Å². The number of amides is 2. The summed E-state index contributed by atoms with van der Waals surface area (Å²) in [5.74, 6) is 0.723. The van der Waals surface area contributed by atoms with Crippen LogP contribution >= 0.6 is 11.6 Å². The average molecular weight is 623 g/mol. The van der Waals surface area contributed by atoms with Crippen LogP contribution in [-0.4, -0.2) is 73.1 Å². The Bertz CT molecular complexity index is 1840. The summed E-state index contributed by atoms with van der Waals surface area (Å²) in [6, 6.07) is 1.96. The van der Waals surface area contributed by atoms with Crippen molar-refractivity contribution in [1.29, 1.82) is 0 Å². The number of nitrogens with two attached hydrogens (primary N) is 1. The number of allylic oxidation sites excluding steroid dienone is 2. The lowest BCUT2D eigenvalue weighted by Crippen LogP contribution is -2.52. The van der Waals surface area contributed by atoms with Crippen molar-refractivity contribution in [2.45, 2.75) is 38.8 Å². The fourth-order valence-corrected chi connectivity index (χ4v) is 5.69. The summed E-state index contributed by atoms with van der Waals surface area (Å²) in [5, 5.41) is 13.3. The van der Waals surface area contributed by atoms with Gasteiger partial charge in [-0.2, -0.15) is 4.39 Å². The van der Waals surface area contributed by atoms with E-state index in [-0.39, 0.29) is 34.2 Å². The molecular formula is C30H32ClFN8O4. The van der Waals surface area contributed by atoms with E-state index >= 15 is 0 Å². The molecule has 2 atom stereocenters. The Morgan fingerprint density at radius 2 is 2.07 bits per heavy atom. The number of pyridine rings is 1. The van der Waals surface area contributed by atoms with E-state index in [0.717, 1.165) is 32.6 Å². The van der Waals surface area contributed by atoms with E-state index < -0.39 is 40.5 Å². The van der Waals surface area contributed by atoms with Gasteiger partial charge in [0, 0.05) is 50.6 Å². The van der Waals surface area contributed by atoms with Crippen LogP contribution in [0.4, 0.5) is 15.9 Å². The van der Waals surface area contributed by atoms with Crippen molar-refractivity contribution >= 4 is 46.0 Å². The predicted molar refractivity (Wildman–Crippen MR) is 165 cm³/mol. The zero-order valence-corrected chi connectivity index (χ0v) is 25.2. The molecule has 5 rings (SSSR count). The minimum Gasteiger partial charge on any atom is -0.504 e. The highest BCUT2D eigenvalue weighted by Gasteiger charge is 2.27. The number of nitrogens with one attached hydrogen (secondary N) is 1. The number of halogens is 2. The molecule has 3 aromatic heterocycles. The number of hydrogen-bond donors (Lipinski definition) is 3. The second kappa shape index (κ2) is 12.5. The Labute approximate surface area is 257 Å². The average Bonchev–Trinajstić information content (AvgIpc) is 3.26. The summed E-state index contributed by atoms with van der Waals surface area (Å²) in [5.41, 5.74) is 5.23. The second-order valence-electron chi connectivity index (χ2n) is 10.8. The lowest BCUT2D eigenvalue weighted by atomic mass is 9.97. The number of aliphatic hydroxyl groups is 1. The molecule has 44 heavy (non-hydrogen) atoms. The smallest absolute Gasteiger partial charge is 0.262 e. The first-order valence-electron chi connectivity index (χ1n) is 14.1. The van der Waals surface area contributed by atoms with Crippen LogP contribution in [0.2, 0.25) is 5.02 Å². The molecule has 14 heteroatoms. The highest BCUT2D eigenvalue weighted by molar-refractivity contribution is 6.33. The first-order valence-corrected chi connectivity index (χ1v) is 14.5. The first kappa shape index (κ1) is 30.8. The summed E-state index contributed by atoms with van der Waals surface area (Å²) in [7, 11) is 1.51. The molecule has 1 aliphatic carbocycles. The number of fused-ring (bicyclic) bond motifs is 1. The molecule has 0 saturated carbocycles. The fourth-order valence-electron chi connectivity index (χ4n) is 5.54. The van der Waals surface area contributed by atoms with Gasteiger partial charge in [-0.1, -0.05) is 24.4 Å². The summed E-state index contributed by atoms with van der Waals surface area (Å²) in [4.78, 5) is 51.9. The number of aryl methyl sites for hydroxylation is 1. The number of primary amides is 1. The zero-order valence-electron chi connectivity index (χ0n) is 24.5. The Morgan fingerprint density at radius 3 is 2.77 bits per heavy atom. The van der Waals surface area contributed by atoms with Crippen LogP contribution in [0.25, 0.3) is 11.0 Å². The van der Waals surface area contributed by atoms with Gasteiger partial charge in [0.05, 0.1) is 40.1 Å². The predicted octanol–water partition coefficient (Wildman–Crippen LogP) is 2.59. The topological polar surface area (TPSA) is 152 Å². The molecule has 4 N–H and O–H groups in total. The molecule has 12 nitrogen and oxygen atoms in total. The van der Waals surface area contributed by atoms with Crippen LogP contribution < -0.4 is 21.5 Å². The molecule has 0 radical (unpaired) electrons. The number of hydrogen-bond acceptors (Lipinski definition) is 8. The van der Waals surface area contributed by atoms with Gasteiger partial charge in [0.1, 0.15) is 18.0 Å². The largest absolute Gasteiger partial charge is 0.504 e. The number of carbonyl (C=O) groups excluding carboxylic acids is 2. The van der Waals surface area contributed by atoms with E-state index in [9.17, 15) is 23.9 Å². The maximum atomic E-state index is 14.3. The summed E-state index contributed by atoms with van der Waals surface area (Å²) in [6.07, 6.45) is 6.58. The molecule has 1 aliphatic heterocycles. The number of anilines is 2. The molecule has 230 valence electrons. The monoisotopic (exact) mass is 622 g/mol. The van der Waals surface area contributed by atoms with Gasteiger partial charge in [-0.15, -0.1) is 0 Å². The normalized spacial score (nSPS) is 18.9. The Kier molecular flexibility index (Phi) is 8.75. The standard InChI is InChI=1S/C30H32ClFN8O4/c1-4-7-38-8-9-40(17(2)13-38)24-11-23(21(31)12-34-24)36-25(41)15-39-14-20(26-29(39)35-16-37(3)30(26)44)18-5-6-22(32)27(42)19(10-18)28(33)43/h10-12,14,16-18,42H,4,7-9,13,15H2,1-3H3,(H2,33,43)(H,34,36,41)/t17-,18?/m0/s1. The van der Waals surface area contributed by atoms with Crippen LogP contribution in [0.3, 0.4) is 0 Å². The highest BCUT2D eigenvalue weighted by Crippen LogP contribution is 2.31. The number of carbonyl (C=O) groups is 2. The number of rotatable bonds is 8.